The molecule has 0 bridgehead atoms. The molecule has 0 radical (unpaired) electrons. The number of phosphoric ester groups is 2. The average molecular weight is 1480 g/mol. The van der Waals surface area contributed by atoms with Gasteiger partial charge < -0.3 is 33.8 Å². The summed E-state index contributed by atoms with van der Waals surface area (Å²) in [6.07, 6.45) is 67.1. The minimum atomic E-state index is -4.96. The first-order chi connectivity index (χ1) is 49.1. The molecule has 101 heavy (non-hydrogen) atoms. The Hall–Kier alpha value is -1.94. The number of unbranched alkanes of at least 4 members (excludes halogenated alkanes) is 53. The lowest BCUT2D eigenvalue weighted by molar-refractivity contribution is -0.161. The zero-order chi connectivity index (χ0) is 74.1. The summed E-state index contributed by atoms with van der Waals surface area (Å²) in [5.41, 5.74) is 0. The van der Waals surface area contributed by atoms with Crippen molar-refractivity contribution >= 4 is 39.5 Å². The van der Waals surface area contributed by atoms with Crippen molar-refractivity contribution in [3.8, 4) is 0 Å². The number of phosphoric acid groups is 2. The van der Waals surface area contributed by atoms with Gasteiger partial charge in [0.2, 0.25) is 0 Å². The fraction of sp³-hybridized carbons (Fsp3) is 0.951. The molecule has 0 aliphatic rings. The number of hydrogen-bond acceptors (Lipinski definition) is 15. The highest BCUT2D eigenvalue weighted by atomic mass is 31.2. The first-order valence-electron chi connectivity index (χ1n) is 42.7. The summed E-state index contributed by atoms with van der Waals surface area (Å²) in [4.78, 5) is 72.8. The van der Waals surface area contributed by atoms with Crippen molar-refractivity contribution < 1.29 is 80.2 Å². The topological polar surface area (TPSA) is 237 Å². The summed E-state index contributed by atoms with van der Waals surface area (Å²) in [5, 5.41) is 10.6. The molecule has 0 aliphatic heterocycles. The SMILES string of the molecule is CCCCCCCCCCCCCCCCCCCCCCCC(=O)O[C@H](COC(=O)CCCCCCCCCCCCCCCCC(C)CC)COP(=O)(O)OC[C@@H](O)COP(=O)(O)OC[C@@H](COC(=O)CCCCCCC)OC(=O)CCCCCCCCCCCCCCCCCCC. The number of aliphatic hydroxyl groups excluding tert-OH is 1. The molecule has 0 aliphatic carbocycles. The molecule has 3 unspecified atom stereocenters. The van der Waals surface area contributed by atoms with E-state index < -0.39 is 97.5 Å². The molecule has 0 aromatic rings. The molecule has 0 heterocycles. The van der Waals surface area contributed by atoms with Crippen LogP contribution in [0.15, 0.2) is 0 Å². The van der Waals surface area contributed by atoms with Gasteiger partial charge in [0.1, 0.15) is 19.3 Å². The highest BCUT2D eigenvalue weighted by molar-refractivity contribution is 7.47. The van der Waals surface area contributed by atoms with Gasteiger partial charge in [0.15, 0.2) is 12.2 Å². The molecular weight excluding hydrogens is 1320 g/mol. The maximum atomic E-state index is 13.1. The zero-order valence-electron chi connectivity index (χ0n) is 66.1. The second-order valence-electron chi connectivity index (χ2n) is 29.8. The Kier molecular flexibility index (Phi) is 73.5. The molecule has 0 saturated heterocycles. The van der Waals surface area contributed by atoms with Crippen LogP contribution in [0, 0.1) is 5.92 Å². The van der Waals surface area contributed by atoms with Gasteiger partial charge in [0, 0.05) is 25.7 Å². The lowest BCUT2D eigenvalue weighted by Crippen LogP contribution is -2.30. The molecule has 6 atom stereocenters. The third kappa shape index (κ3) is 74.7. The zero-order valence-corrected chi connectivity index (χ0v) is 67.8. The first-order valence-corrected chi connectivity index (χ1v) is 45.7. The predicted molar refractivity (Wildman–Crippen MR) is 414 cm³/mol. The Balaban J connectivity index is 5.11. The van der Waals surface area contributed by atoms with E-state index in [1.165, 1.54) is 257 Å². The molecule has 600 valence electrons. The molecule has 0 rings (SSSR count). The third-order valence-corrected chi connectivity index (χ3v) is 21.5. The van der Waals surface area contributed by atoms with Crippen LogP contribution in [0.2, 0.25) is 0 Å². The molecule has 19 heteroatoms. The monoisotopic (exact) mass is 1480 g/mol. The Labute approximate surface area is 619 Å². The summed E-state index contributed by atoms with van der Waals surface area (Å²) >= 11 is 0. The van der Waals surface area contributed by atoms with Gasteiger partial charge in [0.25, 0.3) is 0 Å². The van der Waals surface area contributed by atoms with Gasteiger partial charge in [-0.1, -0.05) is 388 Å². The van der Waals surface area contributed by atoms with Crippen LogP contribution in [0.4, 0.5) is 0 Å². The van der Waals surface area contributed by atoms with E-state index in [4.69, 9.17) is 37.0 Å². The molecule has 0 aromatic carbocycles. The van der Waals surface area contributed by atoms with Crippen molar-refractivity contribution in [2.45, 2.75) is 457 Å². The number of esters is 4. The standard InChI is InChI=1S/C82H160O17P2/c1-6-10-13-16-18-20-22-24-26-28-29-30-31-33-35-41-45-49-53-58-63-68-82(87)99-78(72-93-80(85)66-61-56-51-47-43-39-37-36-38-42-46-50-55-59-64-75(5)9-4)74-97-101(90,91)95-70-76(83)69-94-100(88,89)96-73-77(71-92-79(84)65-60-54-15-12-8-3)98-81(86)67-62-57-52-48-44-40-34-32-27-25-23-21-19-17-14-11-7-2/h75-78,83H,6-74H2,1-5H3,(H,88,89)(H,90,91)/t75?,76-,77+,78+/m0/s1. The largest absolute Gasteiger partial charge is 0.472 e. The van der Waals surface area contributed by atoms with Gasteiger partial charge in [-0.05, 0) is 31.6 Å². The highest BCUT2D eigenvalue weighted by Gasteiger charge is 2.30. The van der Waals surface area contributed by atoms with Crippen molar-refractivity contribution in [1.29, 1.82) is 0 Å². The Morgan fingerprint density at radius 3 is 0.703 bits per heavy atom. The first kappa shape index (κ1) is 99.1. The van der Waals surface area contributed by atoms with E-state index in [-0.39, 0.29) is 25.7 Å². The lowest BCUT2D eigenvalue weighted by atomic mass is 9.99. The van der Waals surface area contributed by atoms with E-state index in [9.17, 15) is 43.2 Å². The number of carbonyl (C=O) groups excluding carboxylic acids is 4. The summed E-state index contributed by atoms with van der Waals surface area (Å²) in [6, 6.07) is 0. The number of carbonyl (C=O) groups is 4. The normalized spacial score (nSPS) is 14.1. The number of ether oxygens (including phenoxy) is 4. The molecule has 0 amide bonds. The van der Waals surface area contributed by atoms with Crippen molar-refractivity contribution in [3.63, 3.8) is 0 Å². The van der Waals surface area contributed by atoms with Crippen LogP contribution in [0.1, 0.15) is 439 Å². The highest BCUT2D eigenvalue weighted by Crippen LogP contribution is 2.45. The van der Waals surface area contributed by atoms with Gasteiger partial charge in [-0.15, -0.1) is 0 Å². The molecule has 0 aromatic heterocycles. The fourth-order valence-electron chi connectivity index (χ4n) is 12.7. The summed E-state index contributed by atoms with van der Waals surface area (Å²) < 4.78 is 68.5. The predicted octanol–water partition coefficient (Wildman–Crippen LogP) is 24.8. The van der Waals surface area contributed by atoms with Gasteiger partial charge >= 0.3 is 39.5 Å². The van der Waals surface area contributed by atoms with Crippen molar-refractivity contribution in [2.24, 2.45) is 5.92 Å². The van der Waals surface area contributed by atoms with Crippen LogP contribution < -0.4 is 0 Å². The molecule has 17 nitrogen and oxygen atoms in total. The summed E-state index contributed by atoms with van der Waals surface area (Å²) in [5.74, 6) is -1.27. The minimum absolute atomic E-state index is 0.108. The molecular formula is C82H160O17P2. The van der Waals surface area contributed by atoms with E-state index in [0.29, 0.717) is 25.7 Å². The van der Waals surface area contributed by atoms with Crippen molar-refractivity contribution in [3.05, 3.63) is 0 Å². The second-order valence-corrected chi connectivity index (χ2v) is 32.7. The van der Waals surface area contributed by atoms with Gasteiger partial charge in [0.05, 0.1) is 26.4 Å². The molecule has 3 N–H and O–H groups in total. The van der Waals surface area contributed by atoms with E-state index in [1.807, 2.05) is 0 Å². The Morgan fingerprint density at radius 2 is 0.475 bits per heavy atom. The fourth-order valence-corrected chi connectivity index (χ4v) is 14.3. The summed E-state index contributed by atoms with van der Waals surface area (Å²) in [7, 11) is -9.91. The van der Waals surface area contributed by atoms with Crippen LogP contribution in [-0.4, -0.2) is 96.7 Å². The van der Waals surface area contributed by atoms with E-state index >= 15 is 0 Å². The molecule has 0 fully saturated rings. The minimum Gasteiger partial charge on any atom is -0.462 e. The van der Waals surface area contributed by atoms with E-state index in [2.05, 4.69) is 34.6 Å². The maximum Gasteiger partial charge on any atom is 0.472 e. The van der Waals surface area contributed by atoms with Crippen LogP contribution in [0.3, 0.4) is 0 Å². The quantitative estimate of drug-likeness (QED) is 0.0222. The number of rotatable bonds is 82. The van der Waals surface area contributed by atoms with Crippen LogP contribution >= 0.6 is 15.6 Å². The Morgan fingerprint density at radius 1 is 0.277 bits per heavy atom. The molecule has 0 saturated carbocycles. The average Bonchev–Trinajstić information content (AvgIpc) is 1.08. The van der Waals surface area contributed by atoms with Gasteiger partial charge in [-0.25, -0.2) is 9.13 Å². The smallest absolute Gasteiger partial charge is 0.462 e. The number of aliphatic hydroxyl groups is 1. The van der Waals surface area contributed by atoms with Gasteiger partial charge in [-0.2, -0.15) is 0 Å². The van der Waals surface area contributed by atoms with Crippen LogP contribution in [-0.2, 0) is 65.4 Å². The van der Waals surface area contributed by atoms with Gasteiger partial charge in [-0.3, -0.25) is 37.3 Å². The van der Waals surface area contributed by atoms with Crippen molar-refractivity contribution in [1.82, 2.24) is 0 Å². The third-order valence-electron chi connectivity index (χ3n) is 19.6. The van der Waals surface area contributed by atoms with Crippen LogP contribution in [0.5, 0.6) is 0 Å². The lowest BCUT2D eigenvalue weighted by Gasteiger charge is -2.21. The van der Waals surface area contributed by atoms with Crippen molar-refractivity contribution in [2.75, 3.05) is 39.6 Å². The van der Waals surface area contributed by atoms with Crippen LogP contribution in [0.25, 0.3) is 0 Å². The Bertz CT molecular complexity index is 1930. The summed E-state index contributed by atoms with van der Waals surface area (Å²) in [6.45, 7) is 7.30. The maximum absolute atomic E-state index is 13.1. The van der Waals surface area contributed by atoms with E-state index in [0.717, 1.165) is 102 Å². The second kappa shape index (κ2) is 74.9. The molecule has 0 spiro atoms. The van der Waals surface area contributed by atoms with E-state index in [1.54, 1.807) is 0 Å². The number of hydrogen-bond donors (Lipinski definition) is 3.